The number of ether oxygens (including phenoxy) is 1. The second-order valence-electron chi connectivity index (χ2n) is 5.68. The third-order valence-corrected chi connectivity index (χ3v) is 5.00. The molecule has 0 amide bonds. The van der Waals surface area contributed by atoms with Gasteiger partial charge in [0.05, 0.1) is 7.11 Å². The Labute approximate surface area is 154 Å². The van der Waals surface area contributed by atoms with Crippen molar-refractivity contribution in [1.82, 2.24) is 0 Å². The van der Waals surface area contributed by atoms with E-state index in [1.807, 2.05) is 18.2 Å². The zero-order chi connectivity index (χ0) is 16.7. The van der Waals surface area contributed by atoms with E-state index in [0.29, 0.717) is 5.02 Å². The van der Waals surface area contributed by atoms with Crippen molar-refractivity contribution in [2.45, 2.75) is 0 Å². The molecule has 0 aliphatic carbocycles. The van der Waals surface area contributed by atoms with E-state index in [2.05, 4.69) is 64.5 Å². The predicted molar refractivity (Wildman–Crippen MR) is 106 cm³/mol. The quantitative estimate of drug-likeness (QED) is 0.328. The van der Waals surface area contributed by atoms with E-state index in [9.17, 15) is 0 Å². The van der Waals surface area contributed by atoms with Gasteiger partial charge in [0.2, 0.25) is 0 Å². The fraction of sp³-hybridized carbons (Fsp3) is 0.0476. The van der Waals surface area contributed by atoms with Crippen LogP contribution in [0, 0.1) is 0 Å². The van der Waals surface area contributed by atoms with Crippen molar-refractivity contribution in [3.63, 3.8) is 0 Å². The molecule has 0 saturated heterocycles. The van der Waals surface area contributed by atoms with E-state index in [4.69, 9.17) is 16.3 Å². The molecule has 4 rings (SSSR count). The lowest BCUT2D eigenvalue weighted by Crippen LogP contribution is -1.90. The van der Waals surface area contributed by atoms with E-state index in [1.165, 1.54) is 21.5 Å². The van der Waals surface area contributed by atoms with E-state index in [0.717, 1.165) is 21.3 Å². The van der Waals surface area contributed by atoms with Gasteiger partial charge >= 0.3 is 0 Å². The molecule has 0 fully saturated rings. The molecule has 0 aliphatic rings. The number of hydrogen-bond acceptors (Lipinski definition) is 1. The Hall–Kier alpha value is -2.03. The molecule has 118 valence electrons. The van der Waals surface area contributed by atoms with Crippen LogP contribution in [0.2, 0.25) is 5.02 Å². The molecule has 0 bridgehead atoms. The Bertz CT molecular complexity index is 1070. The molecule has 4 aromatic carbocycles. The number of rotatable bonds is 2. The summed E-state index contributed by atoms with van der Waals surface area (Å²) in [6.45, 7) is 0. The molecule has 0 unspecified atom stereocenters. The third-order valence-electron chi connectivity index (χ3n) is 4.28. The molecule has 0 saturated carbocycles. The van der Waals surface area contributed by atoms with Crippen molar-refractivity contribution in [3.05, 3.63) is 76.2 Å². The van der Waals surface area contributed by atoms with Crippen molar-refractivity contribution in [2.24, 2.45) is 0 Å². The standard InChI is InChI=1S/C21H14BrClO/c1-24-21-12-15(23)8-9-18(21)20-10-13-6-7-14(22)11-19(13)16-4-2-3-5-17(16)20/h2-12H,1H3. The van der Waals surface area contributed by atoms with Gasteiger partial charge in [-0.15, -0.1) is 0 Å². The highest BCUT2D eigenvalue weighted by Crippen LogP contribution is 2.40. The van der Waals surface area contributed by atoms with Crippen LogP contribution in [0.4, 0.5) is 0 Å². The fourth-order valence-corrected chi connectivity index (χ4v) is 3.71. The first-order valence-corrected chi connectivity index (χ1v) is 8.79. The van der Waals surface area contributed by atoms with E-state index in [-0.39, 0.29) is 0 Å². The summed E-state index contributed by atoms with van der Waals surface area (Å²) in [6, 6.07) is 22.8. The van der Waals surface area contributed by atoms with Gasteiger partial charge in [-0.25, -0.2) is 0 Å². The molecule has 4 aromatic rings. The van der Waals surface area contributed by atoms with Crippen molar-refractivity contribution in [1.29, 1.82) is 0 Å². The Morgan fingerprint density at radius 3 is 2.38 bits per heavy atom. The highest BCUT2D eigenvalue weighted by Gasteiger charge is 2.12. The second kappa shape index (κ2) is 6.12. The average molecular weight is 398 g/mol. The highest BCUT2D eigenvalue weighted by molar-refractivity contribution is 9.10. The average Bonchev–Trinajstić information content (AvgIpc) is 2.61. The lowest BCUT2D eigenvalue weighted by Gasteiger charge is -2.14. The maximum Gasteiger partial charge on any atom is 0.128 e. The molecule has 0 atom stereocenters. The lowest BCUT2D eigenvalue weighted by molar-refractivity contribution is 0.416. The zero-order valence-corrected chi connectivity index (χ0v) is 15.4. The Morgan fingerprint density at radius 1 is 0.792 bits per heavy atom. The first-order chi connectivity index (χ1) is 11.7. The van der Waals surface area contributed by atoms with E-state index in [1.54, 1.807) is 7.11 Å². The van der Waals surface area contributed by atoms with Gasteiger partial charge in [0.25, 0.3) is 0 Å². The van der Waals surface area contributed by atoms with Crippen LogP contribution in [0.3, 0.4) is 0 Å². The summed E-state index contributed by atoms with van der Waals surface area (Å²) >= 11 is 9.71. The van der Waals surface area contributed by atoms with Crippen molar-refractivity contribution >= 4 is 49.1 Å². The largest absolute Gasteiger partial charge is 0.496 e. The van der Waals surface area contributed by atoms with Crippen LogP contribution in [0.1, 0.15) is 0 Å². The van der Waals surface area contributed by atoms with Crippen LogP contribution in [-0.4, -0.2) is 7.11 Å². The Kier molecular flexibility index (Phi) is 3.95. The number of benzene rings is 4. The van der Waals surface area contributed by atoms with Crippen LogP contribution in [-0.2, 0) is 0 Å². The SMILES string of the molecule is COc1cc(Cl)ccc1-c1cc2ccc(Br)cc2c2ccccc12. The number of fused-ring (bicyclic) bond motifs is 3. The summed E-state index contributed by atoms with van der Waals surface area (Å²) in [5.41, 5.74) is 2.19. The molecule has 1 nitrogen and oxygen atoms in total. The van der Waals surface area contributed by atoms with Gasteiger partial charge in [0.15, 0.2) is 0 Å². The van der Waals surface area contributed by atoms with Gasteiger partial charge < -0.3 is 4.74 Å². The summed E-state index contributed by atoms with van der Waals surface area (Å²) in [4.78, 5) is 0. The summed E-state index contributed by atoms with van der Waals surface area (Å²) in [5, 5.41) is 5.53. The summed E-state index contributed by atoms with van der Waals surface area (Å²) in [7, 11) is 1.68. The number of halogens is 2. The van der Waals surface area contributed by atoms with E-state index < -0.39 is 0 Å². The van der Waals surface area contributed by atoms with Crippen LogP contribution < -0.4 is 4.74 Å². The summed E-state index contributed by atoms with van der Waals surface area (Å²) < 4.78 is 6.65. The fourth-order valence-electron chi connectivity index (χ4n) is 3.18. The van der Waals surface area contributed by atoms with Gasteiger partial charge in [-0.2, -0.15) is 0 Å². The van der Waals surface area contributed by atoms with Crippen LogP contribution in [0.25, 0.3) is 32.7 Å². The molecule has 0 heterocycles. The number of methoxy groups -OCH3 is 1. The minimum Gasteiger partial charge on any atom is -0.496 e. The summed E-state index contributed by atoms with van der Waals surface area (Å²) in [5.74, 6) is 0.782. The maximum atomic E-state index is 6.13. The van der Waals surface area contributed by atoms with Gasteiger partial charge in [0.1, 0.15) is 5.75 Å². The highest BCUT2D eigenvalue weighted by atomic mass is 79.9. The number of hydrogen-bond donors (Lipinski definition) is 0. The van der Waals surface area contributed by atoms with Crippen LogP contribution in [0.15, 0.2) is 71.2 Å². The second-order valence-corrected chi connectivity index (χ2v) is 7.03. The maximum absolute atomic E-state index is 6.13. The zero-order valence-electron chi connectivity index (χ0n) is 13.0. The van der Waals surface area contributed by atoms with E-state index >= 15 is 0 Å². The lowest BCUT2D eigenvalue weighted by atomic mass is 9.93. The molecule has 0 N–H and O–H groups in total. The predicted octanol–water partition coefficient (Wildman–Crippen LogP) is 7.08. The van der Waals surface area contributed by atoms with Gasteiger partial charge in [0, 0.05) is 15.1 Å². The van der Waals surface area contributed by atoms with Gasteiger partial charge in [-0.05, 0) is 63.5 Å². The normalized spacial score (nSPS) is 11.1. The molecule has 0 spiro atoms. The summed E-state index contributed by atoms with van der Waals surface area (Å²) in [6.07, 6.45) is 0. The Balaban J connectivity index is 2.14. The minimum atomic E-state index is 0.671. The van der Waals surface area contributed by atoms with Crippen molar-refractivity contribution < 1.29 is 4.74 Å². The van der Waals surface area contributed by atoms with Crippen LogP contribution >= 0.6 is 27.5 Å². The molecule has 24 heavy (non-hydrogen) atoms. The molecule has 0 radical (unpaired) electrons. The first kappa shape index (κ1) is 15.5. The topological polar surface area (TPSA) is 9.23 Å². The van der Waals surface area contributed by atoms with Crippen LogP contribution in [0.5, 0.6) is 5.75 Å². The van der Waals surface area contributed by atoms with Crippen molar-refractivity contribution in [2.75, 3.05) is 7.11 Å². The molecular weight excluding hydrogens is 384 g/mol. The first-order valence-electron chi connectivity index (χ1n) is 7.62. The third kappa shape index (κ3) is 2.56. The smallest absolute Gasteiger partial charge is 0.128 e. The minimum absolute atomic E-state index is 0.671. The molecular formula is C21H14BrClO. The van der Waals surface area contributed by atoms with Gasteiger partial charge in [-0.1, -0.05) is 57.9 Å². The van der Waals surface area contributed by atoms with Gasteiger partial charge in [-0.3, -0.25) is 0 Å². The van der Waals surface area contributed by atoms with Crippen molar-refractivity contribution in [3.8, 4) is 16.9 Å². The monoisotopic (exact) mass is 396 g/mol. The molecule has 3 heteroatoms. The molecule has 0 aromatic heterocycles. The Morgan fingerprint density at radius 2 is 1.58 bits per heavy atom. The molecule has 0 aliphatic heterocycles.